The Bertz CT molecular complexity index is 1190. The molecule has 0 N–H and O–H groups in total. The number of ether oxygens (including phenoxy) is 2. The SMILES string of the molecule is CC(=O)OC1c2c(S(C)(=O)=O)ccc(Oc3cc(F)cc(C#N)c3)c2C(F)C1(F)F. The maximum Gasteiger partial charge on any atom is 0.323 e. The van der Waals surface area contributed by atoms with Crippen molar-refractivity contribution < 1.29 is 40.2 Å². The first-order chi connectivity index (χ1) is 13.9. The molecule has 0 aromatic heterocycles. The quantitative estimate of drug-likeness (QED) is 0.521. The van der Waals surface area contributed by atoms with E-state index in [4.69, 9.17) is 10.00 Å². The van der Waals surface area contributed by atoms with Crippen molar-refractivity contribution in [3.05, 3.63) is 52.8 Å². The third-order valence-corrected chi connectivity index (χ3v) is 5.48. The Morgan fingerprint density at radius 2 is 1.87 bits per heavy atom. The Balaban J connectivity index is 2.25. The number of carbonyl (C=O) groups excluding carboxylic acids is 1. The predicted molar refractivity (Wildman–Crippen MR) is 94.0 cm³/mol. The fraction of sp³-hybridized carbons (Fsp3) is 0.263. The van der Waals surface area contributed by atoms with Crippen LogP contribution in [0.2, 0.25) is 0 Å². The monoisotopic (exact) mass is 443 g/mol. The number of benzene rings is 2. The Kier molecular flexibility index (Phi) is 5.24. The molecule has 158 valence electrons. The van der Waals surface area contributed by atoms with Gasteiger partial charge < -0.3 is 9.47 Å². The van der Waals surface area contributed by atoms with Crippen LogP contribution in [-0.2, 0) is 19.4 Å². The summed E-state index contributed by atoms with van der Waals surface area (Å²) in [7, 11) is -4.13. The first-order valence-electron chi connectivity index (χ1n) is 8.30. The van der Waals surface area contributed by atoms with Gasteiger partial charge in [-0.25, -0.2) is 17.2 Å². The van der Waals surface area contributed by atoms with Crippen LogP contribution >= 0.6 is 0 Å². The fourth-order valence-electron chi connectivity index (χ4n) is 3.17. The molecule has 1 aliphatic rings. The summed E-state index contributed by atoms with van der Waals surface area (Å²) in [6.07, 6.45) is -4.85. The summed E-state index contributed by atoms with van der Waals surface area (Å²) < 4.78 is 91.8. The van der Waals surface area contributed by atoms with Crippen LogP contribution in [-0.4, -0.2) is 26.6 Å². The highest BCUT2D eigenvalue weighted by Gasteiger charge is 2.61. The second-order valence-electron chi connectivity index (χ2n) is 6.58. The number of alkyl halides is 3. The van der Waals surface area contributed by atoms with E-state index in [9.17, 15) is 30.8 Å². The van der Waals surface area contributed by atoms with E-state index in [2.05, 4.69) is 4.74 Å². The van der Waals surface area contributed by atoms with E-state index in [0.29, 0.717) is 0 Å². The van der Waals surface area contributed by atoms with Crippen molar-refractivity contribution in [3.8, 4) is 17.6 Å². The standard InChI is InChI=1S/C19H13F4NO5S/c1-9(25)28-18-16-14(30(2,26)27)4-3-13(15(16)17(21)19(18,22)23)29-12-6-10(8-24)5-11(20)7-12/h3-7,17-18H,1-2H3. The summed E-state index contributed by atoms with van der Waals surface area (Å²) in [6, 6.07) is 6.33. The van der Waals surface area contributed by atoms with E-state index in [0.717, 1.165) is 43.5 Å². The molecule has 0 heterocycles. The maximum absolute atomic E-state index is 14.8. The number of nitrogens with zero attached hydrogens (tertiary/aromatic N) is 1. The van der Waals surface area contributed by atoms with Gasteiger partial charge in [0.15, 0.2) is 22.1 Å². The molecule has 6 nitrogen and oxygen atoms in total. The number of fused-ring (bicyclic) bond motifs is 1. The molecule has 0 saturated carbocycles. The van der Waals surface area contributed by atoms with Crippen LogP contribution in [0.4, 0.5) is 17.6 Å². The number of sulfone groups is 1. The molecule has 1 aliphatic carbocycles. The highest BCUT2D eigenvalue weighted by atomic mass is 32.2. The van der Waals surface area contributed by atoms with Crippen molar-refractivity contribution in [2.75, 3.05) is 6.26 Å². The van der Waals surface area contributed by atoms with Gasteiger partial charge in [0.2, 0.25) is 0 Å². The Hall–Kier alpha value is -3.13. The van der Waals surface area contributed by atoms with E-state index in [1.807, 2.05) is 0 Å². The van der Waals surface area contributed by atoms with Gasteiger partial charge in [-0.15, -0.1) is 0 Å². The van der Waals surface area contributed by atoms with Crippen LogP contribution in [0.5, 0.6) is 11.5 Å². The molecule has 2 aromatic carbocycles. The van der Waals surface area contributed by atoms with Gasteiger partial charge in [-0.3, -0.25) is 4.79 Å². The Morgan fingerprint density at radius 1 is 1.20 bits per heavy atom. The Morgan fingerprint density at radius 3 is 2.43 bits per heavy atom. The van der Waals surface area contributed by atoms with Gasteiger partial charge in [0.05, 0.1) is 16.5 Å². The second kappa shape index (κ2) is 7.28. The van der Waals surface area contributed by atoms with Crippen LogP contribution in [0.15, 0.2) is 35.2 Å². The number of esters is 1. The van der Waals surface area contributed by atoms with Gasteiger partial charge >= 0.3 is 11.9 Å². The smallest absolute Gasteiger partial charge is 0.323 e. The first-order valence-corrected chi connectivity index (χ1v) is 10.2. The molecule has 0 radical (unpaired) electrons. The summed E-state index contributed by atoms with van der Waals surface area (Å²) in [5, 5.41) is 8.92. The van der Waals surface area contributed by atoms with Crippen LogP contribution in [0.25, 0.3) is 0 Å². The lowest BCUT2D eigenvalue weighted by Crippen LogP contribution is -2.28. The second-order valence-corrected chi connectivity index (χ2v) is 8.56. The van der Waals surface area contributed by atoms with Gasteiger partial charge in [-0.1, -0.05) is 0 Å². The minimum atomic E-state index is -4.29. The largest absolute Gasteiger partial charge is 0.457 e. The van der Waals surface area contributed by atoms with Crippen LogP contribution in [0, 0.1) is 17.1 Å². The van der Waals surface area contributed by atoms with Crippen molar-refractivity contribution >= 4 is 15.8 Å². The van der Waals surface area contributed by atoms with E-state index < -0.39 is 61.6 Å². The summed E-state index contributed by atoms with van der Waals surface area (Å²) in [5.41, 5.74) is -1.73. The predicted octanol–water partition coefficient (Wildman–Crippen LogP) is 4.16. The molecule has 3 rings (SSSR count). The summed E-state index contributed by atoms with van der Waals surface area (Å²) in [6.45, 7) is 0.817. The van der Waals surface area contributed by atoms with Gasteiger partial charge in [0, 0.05) is 30.4 Å². The summed E-state index contributed by atoms with van der Waals surface area (Å²) in [5.74, 6) is -7.16. The molecule has 11 heteroatoms. The van der Waals surface area contributed by atoms with Crippen LogP contribution in [0.1, 0.15) is 35.9 Å². The third-order valence-electron chi connectivity index (χ3n) is 4.32. The molecule has 0 bridgehead atoms. The molecule has 2 atom stereocenters. The normalized spacial score (nSPS) is 19.6. The lowest BCUT2D eigenvalue weighted by Gasteiger charge is -2.21. The topological polar surface area (TPSA) is 93.5 Å². The van der Waals surface area contributed by atoms with E-state index >= 15 is 0 Å². The van der Waals surface area contributed by atoms with Crippen molar-refractivity contribution in [1.82, 2.24) is 0 Å². The first kappa shape index (κ1) is 21.6. The number of hydrogen-bond acceptors (Lipinski definition) is 6. The summed E-state index contributed by atoms with van der Waals surface area (Å²) >= 11 is 0. The minimum Gasteiger partial charge on any atom is -0.457 e. The van der Waals surface area contributed by atoms with Crippen molar-refractivity contribution in [3.63, 3.8) is 0 Å². The third kappa shape index (κ3) is 3.70. The van der Waals surface area contributed by atoms with Crippen LogP contribution in [0.3, 0.4) is 0 Å². The molecule has 2 unspecified atom stereocenters. The number of carbonyl (C=O) groups is 1. The molecule has 0 saturated heterocycles. The van der Waals surface area contributed by atoms with Gasteiger partial charge in [-0.2, -0.15) is 14.0 Å². The highest BCUT2D eigenvalue weighted by Crippen LogP contribution is 2.58. The van der Waals surface area contributed by atoms with E-state index in [-0.39, 0.29) is 11.3 Å². The van der Waals surface area contributed by atoms with Crippen molar-refractivity contribution in [2.45, 2.75) is 30.0 Å². The lowest BCUT2D eigenvalue weighted by molar-refractivity contribution is -0.183. The molecule has 2 aromatic rings. The zero-order chi connectivity index (χ0) is 22.4. The lowest BCUT2D eigenvalue weighted by atomic mass is 10.1. The number of hydrogen-bond donors (Lipinski definition) is 0. The molecule has 0 fully saturated rings. The highest BCUT2D eigenvalue weighted by molar-refractivity contribution is 7.90. The summed E-state index contributed by atoms with van der Waals surface area (Å²) in [4.78, 5) is 10.7. The van der Waals surface area contributed by atoms with E-state index in [1.165, 1.54) is 0 Å². The fourth-order valence-corrected chi connectivity index (χ4v) is 4.11. The van der Waals surface area contributed by atoms with E-state index in [1.54, 1.807) is 6.07 Å². The zero-order valence-electron chi connectivity index (χ0n) is 15.5. The minimum absolute atomic E-state index is 0.144. The van der Waals surface area contributed by atoms with Crippen LogP contribution < -0.4 is 4.74 Å². The Labute approximate surface area is 168 Å². The molecule has 0 amide bonds. The maximum atomic E-state index is 14.8. The molecule has 0 spiro atoms. The van der Waals surface area contributed by atoms with Gasteiger partial charge in [-0.05, 0) is 24.3 Å². The molecule has 30 heavy (non-hydrogen) atoms. The average Bonchev–Trinajstić information content (AvgIpc) is 2.81. The number of nitriles is 1. The van der Waals surface area contributed by atoms with Crippen molar-refractivity contribution in [1.29, 1.82) is 5.26 Å². The molecular formula is C19H13F4NO5S. The number of rotatable bonds is 4. The zero-order valence-corrected chi connectivity index (χ0v) is 16.3. The van der Waals surface area contributed by atoms with Gasteiger partial charge in [0.25, 0.3) is 0 Å². The van der Waals surface area contributed by atoms with Crippen molar-refractivity contribution in [2.24, 2.45) is 0 Å². The average molecular weight is 443 g/mol. The number of halogens is 4. The molecular weight excluding hydrogens is 430 g/mol. The molecule has 0 aliphatic heterocycles. The van der Waals surface area contributed by atoms with Gasteiger partial charge in [0.1, 0.15) is 17.3 Å².